The standard InChI is InChI=1S/C17H17O4P/c1-17(2)16-15(20-16)13-10-12(8-9-14(13)21-17)22(18,19)11-6-4-3-5-7-11/h3-10,15-16H,1-2H3,(H,18,19)/t15-,16-/m0/s1. The van der Waals surface area contributed by atoms with Gasteiger partial charge in [0.05, 0.1) is 0 Å². The van der Waals surface area contributed by atoms with Crippen molar-refractivity contribution in [3.63, 3.8) is 0 Å². The van der Waals surface area contributed by atoms with E-state index in [1.54, 1.807) is 42.5 Å². The summed E-state index contributed by atoms with van der Waals surface area (Å²) in [5.74, 6) is 0.737. The minimum absolute atomic E-state index is 0.0186. The highest BCUT2D eigenvalue weighted by Crippen LogP contribution is 2.54. The first kappa shape index (κ1) is 14.0. The van der Waals surface area contributed by atoms with E-state index in [-0.39, 0.29) is 17.8 Å². The molecule has 1 fully saturated rings. The first-order valence-corrected chi connectivity index (χ1v) is 8.93. The smallest absolute Gasteiger partial charge is 0.258 e. The molecule has 1 N–H and O–H groups in total. The highest BCUT2D eigenvalue weighted by atomic mass is 31.2. The van der Waals surface area contributed by atoms with Crippen LogP contribution in [0.3, 0.4) is 0 Å². The number of hydrogen-bond acceptors (Lipinski definition) is 3. The normalized spacial score (nSPS) is 27.0. The van der Waals surface area contributed by atoms with Crippen molar-refractivity contribution in [2.75, 3.05) is 0 Å². The van der Waals surface area contributed by atoms with Crippen molar-refractivity contribution in [2.24, 2.45) is 0 Å². The van der Waals surface area contributed by atoms with E-state index in [9.17, 15) is 9.46 Å². The molecular weight excluding hydrogens is 299 g/mol. The molecule has 5 heteroatoms. The van der Waals surface area contributed by atoms with Crippen molar-refractivity contribution >= 4 is 18.0 Å². The van der Waals surface area contributed by atoms with Crippen LogP contribution in [0.2, 0.25) is 0 Å². The molecule has 1 unspecified atom stereocenters. The van der Waals surface area contributed by atoms with Gasteiger partial charge in [-0.2, -0.15) is 0 Å². The minimum Gasteiger partial charge on any atom is -0.485 e. The summed E-state index contributed by atoms with van der Waals surface area (Å²) in [5, 5.41) is 0.843. The van der Waals surface area contributed by atoms with Crippen molar-refractivity contribution in [2.45, 2.75) is 31.7 Å². The Morgan fingerprint density at radius 1 is 1.09 bits per heavy atom. The van der Waals surface area contributed by atoms with Gasteiger partial charge in [0.25, 0.3) is 7.37 Å². The molecule has 2 aliphatic rings. The van der Waals surface area contributed by atoms with Crippen molar-refractivity contribution < 1.29 is 18.9 Å². The Balaban J connectivity index is 1.77. The molecule has 22 heavy (non-hydrogen) atoms. The van der Waals surface area contributed by atoms with Crippen molar-refractivity contribution in [3.05, 3.63) is 54.1 Å². The summed E-state index contributed by atoms with van der Waals surface area (Å²) >= 11 is 0. The van der Waals surface area contributed by atoms with Crippen LogP contribution < -0.4 is 15.3 Å². The lowest BCUT2D eigenvalue weighted by atomic mass is 9.94. The van der Waals surface area contributed by atoms with Crippen LogP contribution in [0, 0.1) is 0 Å². The van der Waals surface area contributed by atoms with E-state index in [0.717, 1.165) is 11.3 Å². The third kappa shape index (κ3) is 2.03. The second-order valence-corrected chi connectivity index (χ2v) is 8.50. The van der Waals surface area contributed by atoms with Gasteiger partial charge < -0.3 is 14.4 Å². The molecule has 0 radical (unpaired) electrons. The van der Waals surface area contributed by atoms with E-state index in [1.807, 2.05) is 19.9 Å². The lowest BCUT2D eigenvalue weighted by molar-refractivity contribution is 0.0726. The van der Waals surface area contributed by atoms with E-state index in [2.05, 4.69) is 0 Å². The predicted molar refractivity (Wildman–Crippen MR) is 84.3 cm³/mol. The van der Waals surface area contributed by atoms with E-state index >= 15 is 0 Å². The Hall–Kier alpha value is -1.61. The van der Waals surface area contributed by atoms with Gasteiger partial charge >= 0.3 is 0 Å². The predicted octanol–water partition coefficient (Wildman–Crippen LogP) is 2.52. The molecule has 0 bridgehead atoms. The first-order chi connectivity index (χ1) is 10.4. The van der Waals surface area contributed by atoms with Gasteiger partial charge in [-0.05, 0) is 44.2 Å². The molecular formula is C17H17O4P. The van der Waals surface area contributed by atoms with Crippen molar-refractivity contribution in [3.8, 4) is 5.75 Å². The Morgan fingerprint density at radius 3 is 2.55 bits per heavy atom. The fourth-order valence-electron chi connectivity index (χ4n) is 3.04. The summed E-state index contributed by atoms with van der Waals surface area (Å²) in [5.41, 5.74) is 0.508. The summed E-state index contributed by atoms with van der Waals surface area (Å²) in [6.07, 6.45) is -0.0143. The average Bonchev–Trinajstić information content (AvgIpc) is 3.29. The Morgan fingerprint density at radius 2 is 1.82 bits per heavy atom. The molecule has 0 aromatic heterocycles. The van der Waals surface area contributed by atoms with Crippen LogP contribution in [0.1, 0.15) is 25.5 Å². The van der Waals surface area contributed by atoms with E-state index in [1.165, 1.54) is 0 Å². The summed E-state index contributed by atoms with van der Waals surface area (Å²) in [6.45, 7) is 3.99. The van der Waals surface area contributed by atoms with Crippen molar-refractivity contribution in [1.82, 2.24) is 0 Å². The molecule has 3 atom stereocenters. The van der Waals surface area contributed by atoms with Crippen LogP contribution in [0.15, 0.2) is 48.5 Å². The fourth-order valence-corrected chi connectivity index (χ4v) is 4.50. The number of rotatable bonds is 2. The van der Waals surface area contributed by atoms with Crippen LogP contribution in [-0.2, 0) is 9.30 Å². The lowest BCUT2D eigenvalue weighted by Crippen LogP contribution is -2.38. The number of ether oxygens (including phenoxy) is 2. The van der Waals surface area contributed by atoms with Gasteiger partial charge in [-0.15, -0.1) is 0 Å². The maximum Gasteiger partial charge on any atom is 0.258 e. The molecule has 2 aromatic carbocycles. The van der Waals surface area contributed by atoms with Crippen LogP contribution in [0.5, 0.6) is 5.75 Å². The number of hydrogen-bond donors (Lipinski definition) is 1. The minimum atomic E-state index is -3.59. The summed E-state index contributed by atoms with van der Waals surface area (Å²) in [4.78, 5) is 10.5. The monoisotopic (exact) mass is 316 g/mol. The van der Waals surface area contributed by atoms with Gasteiger partial charge in [0.1, 0.15) is 23.6 Å². The zero-order valence-electron chi connectivity index (χ0n) is 12.4. The van der Waals surface area contributed by atoms with Crippen LogP contribution in [0.4, 0.5) is 0 Å². The number of fused-ring (bicyclic) bond motifs is 3. The summed E-state index contributed by atoms with van der Waals surface area (Å²) in [6, 6.07) is 13.9. The third-order valence-corrected chi connectivity index (χ3v) is 6.28. The molecule has 114 valence electrons. The SMILES string of the molecule is CC1(C)Oc2ccc(P(=O)(O)c3ccccc3)cc2[C@@H]2O[C@@H]21. The second-order valence-electron chi connectivity index (χ2n) is 6.32. The molecule has 0 spiro atoms. The molecule has 0 saturated carbocycles. The van der Waals surface area contributed by atoms with E-state index in [4.69, 9.17) is 9.47 Å². The van der Waals surface area contributed by atoms with Crippen LogP contribution in [0.25, 0.3) is 0 Å². The van der Waals surface area contributed by atoms with Gasteiger partial charge in [-0.25, -0.2) is 0 Å². The highest BCUT2D eigenvalue weighted by Gasteiger charge is 2.56. The third-order valence-electron chi connectivity index (χ3n) is 4.31. The molecule has 4 nitrogen and oxygen atoms in total. The Labute approximate surface area is 129 Å². The Bertz CT molecular complexity index is 785. The molecule has 0 amide bonds. The zero-order valence-corrected chi connectivity index (χ0v) is 13.3. The second kappa shape index (κ2) is 4.45. The largest absolute Gasteiger partial charge is 0.485 e. The summed E-state index contributed by atoms with van der Waals surface area (Å²) in [7, 11) is -3.59. The number of benzene rings is 2. The topological polar surface area (TPSA) is 59.1 Å². The van der Waals surface area contributed by atoms with Gasteiger partial charge in [-0.3, -0.25) is 4.57 Å². The van der Waals surface area contributed by atoms with Crippen LogP contribution in [-0.4, -0.2) is 16.6 Å². The van der Waals surface area contributed by atoms with Crippen molar-refractivity contribution in [1.29, 1.82) is 0 Å². The van der Waals surface area contributed by atoms with Gasteiger partial charge in [0.2, 0.25) is 0 Å². The van der Waals surface area contributed by atoms with E-state index in [0.29, 0.717) is 10.6 Å². The maximum absolute atomic E-state index is 12.8. The molecule has 2 heterocycles. The van der Waals surface area contributed by atoms with Crippen LogP contribution >= 0.6 is 7.37 Å². The molecule has 0 aliphatic carbocycles. The summed E-state index contributed by atoms with van der Waals surface area (Å²) < 4.78 is 24.5. The maximum atomic E-state index is 12.8. The zero-order chi connectivity index (χ0) is 15.5. The fraction of sp³-hybridized carbons (Fsp3) is 0.294. The first-order valence-electron chi connectivity index (χ1n) is 7.27. The average molecular weight is 316 g/mol. The number of epoxide rings is 1. The molecule has 2 aliphatic heterocycles. The molecule has 4 rings (SSSR count). The highest BCUT2D eigenvalue weighted by molar-refractivity contribution is 7.73. The van der Waals surface area contributed by atoms with Gasteiger partial charge in [0.15, 0.2) is 0 Å². The van der Waals surface area contributed by atoms with Gasteiger partial charge in [-0.1, -0.05) is 18.2 Å². The lowest BCUT2D eigenvalue weighted by Gasteiger charge is -2.30. The molecule has 2 aromatic rings. The quantitative estimate of drug-likeness (QED) is 0.683. The Kier molecular flexibility index (Phi) is 2.83. The van der Waals surface area contributed by atoms with E-state index < -0.39 is 7.37 Å². The molecule has 1 saturated heterocycles. The van der Waals surface area contributed by atoms with Gasteiger partial charge in [0, 0.05) is 16.2 Å².